The van der Waals surface area contributed by atoms with Crippen molar-refractivity contribution in [2.24, 2.45) is 11.0 Å². The minimum absolute atomic E-state index is 0.177. The molecule has 2 rings (SSSR count). The molecule has 124 valence electrons. The topological polar surface area (TPSA) is 40.2 Å². The second kappa shape index (κ2) is 6.38. The van der Waals surface area contributed by atoms with E-state index in [4.69, 9.17) is 6.57 Å². The minimum atomic E-state index is -0.395. The second-order valence-electron chi connectivity index (χ2n) is 7.46. The second-order valence-corrected chi connectivity index (χ2v) is 7.46. The Balaban J connectivity index is 2.18. The third kappa shape index (κ3) is 3.77. The van der Waals surface area contributed by atoms with Crippen molar-refractivity contribution in [3.63, 3.8) is 0 Å². The number of hydrogen-bond acceptors (Lipinski definition) is 3. The fourth-order valence-electron chi connectivity index (χ4n) is 3.60. The Bertz CT molecular complexity index is 646. The molecule has 1 aliphatic heterocycles. The first-order chi connectivity index (χ1) is 10.7. The summed E-state index contributed by atoms with van der Waals surface area (Å²) in [7, 11) is 0. The summed E-state index contributed by atoms with van der Waals surface area (Å²) >= 11 is 0. The maximum atomic E-state index is 13.3. The zero-order valence-corrected chi connectivity index (χ0v) is 14.2. The quantitative estimate of drug-likeness (QED) is 0.511. The third-order valence-corrected chi connectivity index (χ3v) is 4.83. The fraction of sp³-hybridized carbons (Fsp3) is 0.556. The van der Waals surface area contributed by atoms with Gasteiger partial charge in [0.1, 0.15) is 11.5 Å². The predicted molar refractivity (Wildman–Crippen MR) is 88.6 cm³/mol. The Kier molecular flexibility index (Phi) is 4.88. The number of halogens is 1. The molecule has 23 heavy (non-hydrogen) atoms. The molecule has 1 fully saturated rings. The summed E-state index contributed by atoms with van der Waals surface area (Å²) < 4.78 is 13.3. The monoisotopic (exact) mass is 317 g/mol. The van der Waals surface area contributed by atoms with E-state index in [1.165, 1.54) is 17.2 Å². The van der Waals surface area contributed by atoms with Gasteiger partial charge in [-0.3, -0.25) is 0 Å². The van der Waals surface area contributed by atoms with Crippen LogP contribution in [-0.4, -0.2) is 27.1 Å². The van der Waals surface area contributed by atoms with E-state index in [0.29, 0.717) is 12.8 Å². The van der Waals surface area contributed by atoms with Gasteiger partial charge in [-0.15, -0.1) is 4.95 Å². The molecule has 1 aromatic rings. The van der Waals surface area contributed by atoms with Crippen molar-refractivity contribution in [2.45, 2.75) is 58.0 Å². The Hall–Kier alpha value is -1.77. The molecule has 1 atom stereocenters. The van der Waals surface area contributed by atoms with Crippen LogP contribution in [0.5, 0.6) is 0 Å². The Morgan fingerprint density at radius 3 is 2.65 bits per heavy atom. The SMILES string of the molecule is [C-]#[N+]/N=C(\Cc1cccc(F)c1)CC1CC(C)(C)N(O)C1(C)C. The van der Waals surface area contributed by atoms with Gasteiger partial charge in [-0.1, -0.05) is 12.1 Å². The molecule has 1 heterocycles. The Morgan fingerprint density at radius 1 is 1.43 bits per heavy atom. The average molecular weight is 317 g/mol. The van der Waals surface area contributed by atoms with E-state index in [1.54, 1.807) is 6.07 Å². The molecule has 1 saturated heterocycles. The summed E-state index contributed by atoms with van der Waals surface area (Å²) in [6.07, 6.45) is 1.89. The van der Waals surface area contributed by atoms with Crippen LogP contribution in [0.15, 0.2) is 29.4 Å². The van der Waals surface area contributed by atoms with Crippen LogP contribution in [-0.2, 0) is 6.42 Å². The summed E-state index contributed by atoms with van der Waals surface area (Å²) in [5, 5.41) is 15.8. The molecular formula is C18H24FN3O. The lowest BCUT2D eigenvalue weighted by atomic mass is 9.82. The summed E-state index contributed by atoms with van der Waals surface area (Å²) in [6, 6.07) is 6.38. The van der Waals surface area contributed by atoms with Crippen molar-refractivity contribution in [1.29, 1.82) is 0 Å². The van der Waals surface area contributed by atoms with Crippen LogP contribution in [0.2, 0.25) is 0 Å². The van der Waals surface area contributed by atoms with E-state index in [-0.39, 0.29) is 17.3 Å². The molecule has 0 aromatic heterocycles. The molecule has 0 spiro atoms. The first-order valence-electron chi connectivity index (χ1n) is 7.82. The molecule has 1 aromatic carbocycles. The van der Waals surface area contributed by atoms with Gasteiger partial charge in [-0.05, 0) is 64.2 Å². The van der Waals surface area contributed by atoms with E-state index in [1.807, 2.05) is 33.8 Å². The van der Waals surface area contributed by atoms with Gasteiger partial charge in [0, 0.05) is 17.5 Å². The molecule has 0 amide bonds. The largest absolute Gasteiger partial charge is 0.313 e. The lowest BCUT2D eigenvalue weighted by molar-refractivity contribution is -0.196. The fourth-order valence-corrected chi connectivity index (χ4v) is 3.60. The van der Waals surface area contributed by atoms with Gasteiger partial charge in [-0.25, -0.2) is 4.39 Å². The van der Waals surface area contributed by atoms with Crippen molar-refractivity contribution in [1.82, 2.24) is 5.06 Å². The summed E-state index contributed by atoms with van der Waals surface area (Å²) in [4.78, 5) is 3.17. The lowest BCUT2D eigenvalue weighted by Crippen LogP contribution is -2.47. The zero-order chi connectivity index (χ0) is 17.3. The highest BCUT2D eigenvalue weighted by Gasteiger charge is 2.51. The maximum Gasteiger partial charge on any atom is 0.123 e. The van der Waals surface area contributed by atoms with Gasteiger partial charge in [0.25, 0.3) is 0 Å². The molecule has 0 saturated carbocycles. The number of hydrogen-bond donors (Lipinski definition) is 1. The van der Waals surface area contributed by atoms with Gasteiger partial charge in [0.05, 0.1) is 5.10 Å². The summed E-state index contributed by atoms with van der Waals surface area (Å²) in [5.41, 5.74) is 0.836. The van der Waals surface area contributed by atoms with Gasteiger partial charge in [0.15, 0.2) is 0 Å². The highest BCUT2D eigenvalue weighted by Crippen LogP contribution is 2.45. The van der Waals surface area contributed by atoms with Crippen molar-refractivity contribution in [3.8, 4) is 0 Å². The lowest BCUT2D eigenvalue weighted by Gasteiger charge is -2.36. The van der Waals surface area contributed by atoms with Gasteiger partial charge in [-0.2, -0.15) is 11.6 Å². The van der Waals surface area contributed by atoms with Crippen LogP contribution in [0.25, 0.3) is 4.95 Å². The van der Waals surface area contributed by atoms with Gasteiger partial charge >= 0.3 is 0 Å². The minimum Gasteiger partial charge on any atom is -0.313 e. The standard InChI is InChI=1S/C18H24FN3O/c1-17(2)12-14(18(3,4)22(17)23)11-16(21-20-5)10-13-7-6-8-15(19)9-13/h6-9,14,23H,10-12H2,1-4H3/b21-16+. The van der Waals surface area contributed by atoms with E-state index >= 15 is 0 Å². The Morgan fingerprint density at radius 2 is 2.13 bits per heavy atom. The number of benzene rings is 1. The maximum absolute atomic E-state index is 13.3. The van der Waals surface area contributed by atoms with Crippen molar-refractivity contribution in [3.05, 3.63) is 47.2 Å². The molecule has 1 aliphatic rings. The molecule has 4 nitrogen and oxygen atoms in total. The molecule has 1 unspecified atom stereocenters. The highest BCUT2D eigenvalue weighted by molar-refractivity contribution is 5.87. The first-order valence-corrected chi connectivity index (χ1v) is 7.82. The van der Waals surface area contributed by atoms with Crippen molar-refractivity contribution in [2.75, 3.05) is 0 Å². The van der Waals surface area contributed by atoms with Crippen LogP contribution >= 0.6 is 0 Å². The smallest absolute Gasteiger partial charge is 0.123 e. The molecule has 0 bridgehead atoms. The normalized spacial score (nSPS) is 23.7. The highest BCUT2D eigenvalue weighted by atomic mass is 19.1. The molecule has 1 N–H and O–H groups in total. The van der Waals surface area contributed by atoms with Crippen LogP contribution in [0.3, 0.4) is 0 Å². The third-order valence-electron chi connectivity index (χ3n) is 4.83. The summed E-state index contributed by atoms with van der Waals surface area (Å²) in [5.74, 6) is -0.106. The number of hydroxylamine groups is 2. The van der Waals surface area contributed by atoms with E-state index in [2.05, 4.69) is 10.1 Å². The molecule has 0 radical (unpaired) electrons. The van der Waals surface area contributed by atoms with E-state index < -0.39 is 5.54 Å². The van der Waals surface area contributed by atoms with Crippen LogP contribution in [0.4, 0.5) is 4.39 Å². The molecular weight excluding hydrogens is 293 g/mol. The molecule has 5 heteroatoms. The van der Waals surface area contributed by atoms with Crippen molar-refractivity contribution >= 4 is 5.71 Å². The van der Waals surface area contributed by atoms with Crippen LogP contribution in [0.1, 0.15) is 46.1 Å². The number of nitrogens with zero attached hydrogens (tertiary/aromatic N) is 3. The zero-order valence-electron chi connectivity index (χ0n) is 14.2. The molecule has 0 aliphatic carbocycles. The number of rotatable bonds is 4. The first kappa shape index (κ1) is 17.6. The Labute approximate surface area is 137 Å². The van der Waals surface area contributed by atoms with Gasteiger partial charge in [0.2, 0.25) is 0 Å². The van der Waals surface area contributed by atoms with Crippen LogP contribution < -0.4 is 0 Å². The average Bonchev–Trinajstić information content (AvgIpc) is 2.59. The van der Waals surface area contributed by atoms with Gasteiger partial charge < -0.3 is 5.21 Å². The van der Waals surface area contributed by atoms with Crippen LogP contribution in [0, 0.1) is 18.3 Å². The summed E-state index contributed by atoms with van der Waals surface area (Å²) in [6.45, 7) is 15.1. The van der Waals surface area contributed by atoms with Crippen molar-refractivity contribution < 1.29 is 9.60 Å². The predicted octanol–water partition coefficient (Wildman–Crippen LogP) is 4.30. The van der Waals surface area contributed by atoms with E-state index in [9.17, 15) is 9.60 Å². The van der Waals surface area contributed by atoms with E-state index in [0.717, 1.165) is 17.7 Å².